The minimum atomic E-state index is -3.63. The average molecular weight is 138 g/mol. The topological polar surface area (TPSA) is 90.6 Å². The van der Waals surface area contributed by atoms with Crippen LogP contribution in [0.5, 0.6) is 0 Å². The van der Waals surface area contributed by atoms with Gasteiger partial charge in [-0.25, -0.2) is 8.42 Å². The van der Waals surface area contributed by atoms with Crippen molar-refractivity contribution >= 4 is 10.0 Å². The molecule has 0 heterocycles. The molecule has 0 spiro atoms. The van der Waals surface area contributed by atoms with Gasteiger partial charge in [0.25, 0.3) is 10.0 Å². The number of hydrogen-bond acceptors (Lipinski definition) is 4. The van der Waals surface area contributed by atoms with Gasteiger partial charge in [-0.15, -0.1) is 0 Å². The van der Waals surface area contributed by atoms with Crippen molar-refractivity contribution in [1.29, 1.82) is 5.53 Å². The molecule has 0 bridgehead atoms. The summed E-state index contributed by atoms with van der Waals surface area (Å²) in [6, 6.07) is 0. The summed E-state index contributed by atoms with van der Waals surface area (Å²) in [6.07, 6.45) is 0. The van der Waals surface area contributed by atoms with Crippen LogP contribution < -0.4 is 0 Å². The van der Waals surface area contributed by atoms with E-state index in [4.69, 9.17) is 10.6 Å². The van der Waals surface area contributed by atoms with Crippen molar-refractivity contribution in [3.8, 4) is 0 Å². The summed E-state index contributed by atoms with van der Waals surface area (Å²) in [5.41, 5.74) is 6.03. The summed E-state index contributed by atoms with van der Waals surface area (Å²) in [4.78, 5) is 0. The fraction of sp³-hybridized carbons (Fsp3) is 1.00. The van der Waals surface area contributed by atoms with E-state index in [0.29, 0.717) is 0 Å². The van der Waals surface area contributed by atoms with Gasteiger partial charge in [0.1, 0.15) is 0 Å². The molecule has 0 aliphatic carbocycles. The van der Waals surface area contributed by atoms with Gasteiger partial charge in [-0.05, 0) is 0 Å². The van der Waals surface area contributed by atoms with E-state index >= 15 is 0 Å². The average Bonchev–Trinajstić information content (AvgIpc) is 1.67. The van der Waals surface area contributed by atoms with Crippen molar-refractivity contribution < 1.29 is 13.5 Å². The van der Waals surface area contributed by atoms with Crippen molar-refractivity contribution in [1.82, 2.24) is 0 Å². The van der Waals surface area contributed by atoms with E-state index in [9.17, 15) is 8.42 Å². The summed E-state index contributed by atoms with van der Waals surface area (Å²) in [5, 5.41) is 8.01. The molecule has 0 saturated carbocycles. The highest BCUT2D eigenvalue weighted by Gasteiger charge is 2.03. The van der Waals surface area contributed by atoms with Crippen molar-refractivity contribution in [2.24, 2.45) is 4.52 Å². The van der Waals surface area contributed by atoms with Crippen LogP contribution in [0.1, 0.15) is 0 Å². The third-order valence-electron chi connectivity index (χ3n) is 0.488. The quantitative estimate of drug-likeness (QED) is 0.507. The van der Waals surface area contributed by atoms with E-state index in [1.165, 1.54) is 0 Å². The number of sulfonamides is 1. The Kier molecular flexibility index (Phi) is 2.56. The third-order valence-corrected chi connectivity index (χ3v) is 1.46. The number of aliphatic hydroxyl groups is 1. The maximum Gasteiger partial charge on any atom is 0.272 e. The van der Waals surface area contributed by atoms with Crippen LogP contribution >= 0.6 is 0 Å². The Morgan fingerprint density at radius 1 is 1.62 bits per heavy atom. The molecule has 0 saturated heterocycles. The monoisotopic (exact) mass is 138 g/mol. The van der Waals surface area contributed by atoms with Crippen molar-refractivity contribution in [2.75, 3.05) is 12.4 Å². The van der Waals surface area contributed by atoms with Gasteiger partial charge in [-0.1, -0.05) is 4.52 Å². The molecule has 6 heteroatoms. The van der Waals surface area contributed by atoms with Crippen LogP contribution in [0, 0.1) is 5.53 Å². The van der Waals surface area contributed by atoms with Crippen LogP contribution in [0.25, 0.3) is 0 Å². The van der Waals surface area contributed by atoms with Gasteiger partial charge in [-0.2, -0.15) is 5.53 Å². The Morgan fingerprint density at radius 2 is 2.12 bits per heavy atom. The van der Waals surface area contributed by atoms with Crippen molar-refractivity contribution in [2.45, 2.75) is 0 Å². The highest BCUT2D eigenvalue weighted by molar-refractivity contribution is 7.89. The molecule has 0 aliphatic rings. The van der Waals surface area contributed by atoms with Crippen LogP contribution in [0.4, 0.5) is 0 Å². The van der Waals surface area contributed by atoms with E-state index in [2.05, 4.69) is 4.52 Å². The molecule has 0 rings (SSSR count). The fourth-order valence-corrected chi connectivity index (χ4v) is 0.483. The number of rotatable bonds is 3. The van der Waals surface area contributed by atoms with E-state index < -0.39 is 22.4 Å². The van der Waals surface area contributed by atoms with Gasteiger partial charge in [-0.3, -0.25) is 0 Å². The first-order valence-corrected chi connectivity index (χ1v) is 3.45. The molecule has 0 amide bonds. The first kappa shape index (κ1) is 7.51. The van der Waals surface area contributed by atoms with Gasteiger partial charge in [0.15, 0.2) is 0 Å². The summed E-state index contributed by atoms with van der Waals surface area (Å²) in [7, 11) is -3.63. The number of nitrogens with zero attached hydrogens (tertiary/aromatic N) is 1. The first-order valence-electron chi connectivity index (χ1n) is 1.84. The minimum Gasteiger partial charge on any atom is -0.395 e. The van der Waals surface area contributed by atoms with Gasteiger partial charge in [0.2, 0.25) is 0 Å². The smallest absolute Gasteiger partial charge is 0.272 e. The SMILES string of the molecule is N=NS(=O)(=O)CCO. The number of hydrogen-bond donors (Lipinski definition) is 2. The van der Waals surface area contributed by atoms with E-state index in [-0.39, 0.29) is 0 Å². The van der Waals surface area contributed by atoms with E-state index in [1.54, 1.807) is 0 Å². The summed E-state index contributed by atoms with van der Waals surface area (Å²) >= 11 is 0. The lowest BCUT2D eigenvalue weighted by Crippen LogP contribution is -2.04. The third kappa shape index (κ3) is 2.64. The molecule has 0 aromatic carbocycles. The molecule has 8 heavy (non-hydrogen) atoms. The largest absolute Gasteiger partial charge is 0.395 e. The van der Waals surface area contributed by atoms with Gasteiger partial charge in [0.05, 0.1) is 12.4 Å². The molecule has 0 aromatic rings. The minimum absolute atomic E-state index is 0.462. The maximum atomic E-state index is 10.1. The Hall–Kier alpha value is -0.490. The normalized spacial score (nSPS) is 11.1. The molecule has 0 atom stereocenters. The summed E-state index contributed by atoms with van der Waals surface area (Å²) in [5.74, 6) is -0.462. The molecule has 0 unspecified atom stereocenters. The Bertz CT molecular complexity index is 160. The highest BCUT2D eigenvalue weighted by Crippen LogP contribution is 1.87. The van der Waals surface area contributed by atoms with Crippen LogP contribution in [0.3, 0.4) is 0 Å². The zero-order valence-electron chi connectivity index (χ0n) is 4.03. The van der Waals surface area contributed by atoms with Crippen LogP contribution in [-0.4, -0.2) is 25.9 Å². The Balaban J connectivity index is 3.95. The van der Waals surface area contributed by atoms with Gasteiger partial charge >= 0.3 is 0 Å². The lowest BCUT2D eigenvalue weighted by molar-refractivity contribution is 0.319. The predicted molar refractivity (Wildman–Crippen MR) is 26.0 cm³/mol. The summed E-state index contributed by atoms with van der Waals surface area (Å²) < 4.78 is 22.4. The second-order valence-electron chi connectivity index (χ2n) is 1.10. The standard InChI is InChI=1S/C2H6N2O3S/c3-4-8(6,7)2-1-5/h3,5H,1-2H2. The van der Waals surface area contributed by atoms with E-state index in [0.717, 1.165) is 0 Å². The van der Waals surface area contributed by atoms with Crippen LogP contribution in [0.2, 0.25) is 0 Å². The molecule has 2 N–H and O–H groups in total. The zero-order valence-corrected chi connectivity index (χ0v) is 4.85. The van der Waals surface area contributed by atoms with Gasteiger partial charge in [0, 0.05) is 0 Å². The molecule has 0 radical (unpaired) electrons. The molecular formula is C2H6N2O3S. The highest BCUT2D eigenvalue weighted by atomic mass is 32.2. The first-order chi connectivity index (χ1) is 3.62. The predicted octanol–water partition coefficient (Wildman–Crippen LogP) is -0.661. The molecule has 48 valence electrons. The van der Waals surface area contributed by atoms with Crippen molar-refractivity contribution in [3.63, 3.8) is 0 Å². The molecular weight excluding hydrogens is 132 g/mol. The Morgan fingerprint density at radius 3 is 2.25 bits per heavy atom. The second-order valence-corrected chi connectivity index (χ2v) is 2.86. The van der Waals surface area contributed by atoms with Crippen molar-refractivity contribution in [3.05, 3.63) is 0 Å². The molecule has 0 aliphatic heterocycles. The van der Waals surface area contributed by atoms with Gasteiger partial charge < -0.3 is 5.11 Å². The zero-order chi connectivity index (χ0) is 6.62. The maximum absolute atomic E-state index is 10.1. The van der Waals surface area contributed by atoms with Crippen LogP contribution in [-0.2, 0) is 10.0 Å². The molecule has 0 fully saturated rings. The summed E-state index contributed by atoms with van der Waals surface area (Å²) in [6.45, 7) is -0.481. The molecule has 5 nitrogen and oxygen atoms in total. The van der Waals surface area contributed by atoms with E-state index in [1.807, 2.05) is 0 Å². The number of aliphatic hydroxyl groups excluding tert-OH is 1. The number of nitrogens with one attached hydrogen (secondary N) is 1. The molecule has 0 aromatic heterocycles. The second kappa shape index (κ2) is 2.73. The fourth-order valence-electron chi connectivity index (χ4n) is 0.161. The lowest BCUT2D eigenvalue weighted by Gasteiger charge is -1.86. The lowest BCUT2D eigenvalue weighted by atomic mass is 10.9. The Labute approximate surface area is 46.9 Å². The van der Waals surface area contributed by atoms with Crippen LogP contribution in [0.15, 0.2) is 4.52 Å².